The van der Waals surface area contributed by atoms with E-state index < -0.39 is 5.41 Å². The van der Waals surface area contributed by atoms with Gasteiger partial charge in [-0.05, 0) is 119 Å². The number of anilines is 3. The summed E-state index contributed by atoms with van der Waals surface area (Å²) >= 11 is 0. The first-order valence-electron chi connectivity index (χ1n) is 22.2. The van der Waals surface area contributed by atoms with Gasteiger partial charge in [-0.2, -0.15) is 0 Å². The quantitative estimate of drug-likeness (QED) is 0.148. The summed E-state index contributed by atoms with van der Waals surface area (Å²) in [6.07, 6.45) is 0. The van der Waals surface area contributed by atoms with Gasteiger partial charge in [0.1, 0.15) is 0 Å². The fourth-order valence-electron chi connectivity index (χ4n) is 10.4. The first kappa shape index (κ1) is 37.5. The molecule has 1 heteroatoms. The van der Waals surface area contributed by atoms with Crippen LogP contribution >= 0.6 is 0 Å². The molecule has 11 aromatic carbocycles. The van der Waals surface area contributed by atoms with Crippen molar-refractivity contribution >= 4 is 38.6 Å². The van der Waals surface area contributed by atoms with Crippen molar-refractivity contribution in [3.63, 3.8) is 0 Å². The molecule has 0 amide bonds. The smallest absolute Gasteiger partial charge is 0.0713 e. The van der Waals surface area contributed by atoms with Crippen LogP contribution in [0.5, 0.6) is 0 Å². The number of fused-ring (bicyclic) bond motifs is 5. The lowest BCUT2D eigenvalue weighted by molar-refractivity contribution is 0.768. The van der Waals surface area contributed by atoms with Crippen molar-refractivity contribution in [3.05, 3.63) is 283 Å². The number of hydrogen-bond acceptors (Lipinski definition) is 1. The first-order valence-corrected chi connectivity index (χ1v) is 22.2. The molecular formula is C63H43N. The Labute approximate surface area is 374 Å². The topological polar surface area (TPSA) is 3.24 Å². The van der Waals surface area contributed by atoms with Crippen molar-refractivity contribution in [3.8, 4) is 44.5 Å². The highest BCUT2D eigenvalue weighted by Gasteiger charge is 2.46. The Morgan fingerprint density at radius 3 is 1.39 bits per heavy atom. The second-order valence-corrected chi connectivity index (χ2v) is 16.8. The Kier molecular flexibility index (Phi) is 9.13. The van der Waals surface area contributed by atoms with E-state index in [1.807, 2.05) is 0 Å². The summed E-state index contributed by atoms with van der Waals surface area (Å²) in [5.74, 6) is 0. The summed E-state index contributed by atoms with van der Waals surface area (Å²) in [7, 11) is 0. The maximum atomic E-state index is 2.44. The molecule has 1 nitrogen and oxygen atoms in total. The maximum absolute atomic E-state index is 2.44. The lowest BCUT2D eigenvalue weighted by atomic mass is 9.67. The van der Waals surface area contributed by atoms with Gasteiger partial charge in [0.15, 0.2) is 0 Å². The Morgan fingerprint density at radius 1 is 0.266 bits per heavy atom. The summed E-state index contributed by atoms with van der Waals surface area (Å²) < 4.78 is 0. The molecule has 64 heavy (non-hydrogen) atoms. The van der Waals surface area contributed by atoms with Crippen molar-refractivity contribution in [1.82, 2.24) is 0 Å². The van der Waals surface area contributed by atoms with Crippen molar-refractivity contribution in [2.24, 2.45) is 0 Å². The van der Waals surface area contributed by atoms with Gasteiger partial charge in [0.2, 0.25) is 0 Å². The van der Waals surface area contributed by atoms with Gasteiger partial charge < -0.3 is 4.90 Å². The Balaban J connectivity index is 1.00. The summed E-state index contributed by atoms with van der Waals surface area (Å²) in [5.41, 5.74) is 17.7. The predicted octanol–water partition coefficient (Wildman–Crippen LogP) is 16.8. The SMILES string of the molecule is c1ccc(C2(c3ccccc3)c3ccccc3-c3c(-c4ccccc4N(c4ccc(-c5ccc(-c6ccc7ccccc7c6)cc5)cc4)c4ccc5ccccc5c4)cccc32)cc1. The molecular weight excluding hydrogens is 771 g/mol. The van der Waals surface area contributed by atoms with Crippen LogP contribution in [0.3, 0.4) is 0 Å². The third-order valence-corrected chi connectivity index (χ3v) is 13.3. The van der Waals surface area contributed by atoms with Gasteiger partial charge in [0.05, 0.1) is 11.1 Å². The first-order chi connectivity index (χ1) is 31.7. The van der Waals surface area contributed by atoms with Gasteiger partial charge >= 0.3 is 0 Å². The van der Waals surface area contributed by atoms with Crippen LogP contribution in [0.2, 0.25) is 0 Å². The normalized spacial score (nSPS) is 12.5. The molecule has 0 saturated heterocycles. The predicted molar refractivity (Wildman–Crippen MR) is 270 cm³/mol. The van der Waals surface area contributed by atoms with E-state index in [1.165, 1.54) is 88.3 Å². The molecule has 0 fully saturated rings. The number of rotatable bonds is 8. The molecule has 12 rings (SSSR count). The summed E-state index contributed by atoms with van der Waals surface area (Å²) in [6, 6.07) is 95.8. The fraction of sp³-hybridized carbons (Fsp3) is 0.0159. The minimum absolute atomic E-state index is 0.485. The van der Waals surface area contributed by atoms with Crippen LogP contribution in [0.15, 0.2) is 261 Å². The highest BCUT2D eigenvalue weighted by molar-refractivity contribution is 6.00. The molecule has 0 aliphatic heterocycles. The minimum atomic E-state index is -0.485. The van der Waals surface area contributed by atoms with E-state index in [0.29, 0.717) is 0 Å². The van der Waals surface area contributed by atoms with Crippen LogP contribution in [0.4, 0.5) is 17.1 Å². The lowest BCUT2D eigenvalue weighted by Crippen LogP contribution is -2.28. The number of benzene rings is 11. The van der Waals surface area contributed by atoms with Crippen LogP contribution < -0.4 is 4.90 Å². The molecule has 0 spiro atoms. The Morgan fingerprint density at radius 2 is 0.719 bits per heavy atom. The van der Waals surface area contributed by atoms with E-state index >= 15 is 0 Å². The molecule has 1 aliphatic rings. The number of para-hydroxylation sites is 1. The van der Waals surface area contributed by atoms with Crippen molar-refractivity contribution in [2.45, 2.75) is 5.41 Å². The minimum Gasteiger partial charge on any atom is -0.310 e. The van der Waals surface area contributed by atoms with E-state index in [0.717, 1.165) is 17.1 Å². The molecule has 0 atom stereocenters. The van der Waals surface area contributed by atoms with Gasteiger partial charge in [-0.25, -0.2) is 0 Å². The van der Waals surface area contributed by atoms with Gasteiger partial charge in [-0.3, -0.25) is 0 Å². The van der Waals surface area contributed by atoms with E-state index in [1.54, 1.807) is 0 Å². The van der Waals surface area contributed by atoms with Crippen LogP contribution in [-0.4, -0.2) is 0 Å². The highest BCUT2D eigenvalue weighted by atomic mass is 15.1. The second-order valence-electron chi connectivity index (χ2n) is 16.8. The molecule has 0 bridgehead atoms. The van der Waals surface area contributed by atoms with Gasteiger partial charge in [-0.15, -0.1) is 0 Å². The fourth-order valence-corrected chi connectivity index (χ4v) is 10.4. The maximum Gasteiger partial charge on any atom is 0.0713 e. The van der Waals surface area contributed by atoms with Crippen molar-refractivity contribution in [2.75, 3.05) is 4.90 Å². The highest BCUT2D eigenvalue weighted by Crippen LogP contribution is 2.59. The zero-order valence-electron chi connectivity index (χ0n) is 35.3. The van der Waals surface area contributed by atoms with Crippen molar-refractivity contribution < 1.29 is 0 Å². The van der Waals surface area contributed by atoms with E-state index in [-0.39, 0.29) is 0 Å². The molecule has 0 heterocycles. The Bertz CT molecular complexity index is 3440. The summed E-state index contributed by atoms with van der Waals surface area (Å²) in [4.78, 5) is 2.44. The van der Waals surface area contributed by atoms with Gasteiger partial charge in [0.25, 0.3) is 0 Å². The molecule has 0 unspecified atom stereocenters. The monoisotopic (exact) mass is 813 g/mol. The standard InChI is InChI=1S/C63H43N/c1-3-20-52(21-4-1)63(53-22-5-2-6-23-53)59-27-13-11-25-58(59)62-57(26-15-28-60(62)63)56-24-12-14-29-61(56)64(55-41-38-45-17-8-10-19-50(45)43-55)54-39-36-47(37-40-54)46-30-32-48(33-31-46)51-35-34-44-16-7-9-18-49(44)42-51/h1-43H. The second kappa shape index (κ2) is 15.6. The molecule has 1 aliphatic carbocycles. The van der Waals surface area contributed by atoms with Crippen molar-refractivity contribution in [1.29, 1.82) is 0 Å². The van der Waals surface area contributed by atoms with Gasteiger partial charge in [-0.1, -0.05) is 224 Å². The van der Waals surface area contributed by atoms with Crippen LogP contribution in [0, 0.1) is 0 Å². The molecule has 300 valence electrons. The molecule has 0 aromatic heterocycles. The number of nitrogens with zero attached hydrogens (tertiary/aromatic N) is 1. The Hall–Kier alpha value is -8.26. The van der Waals surface area contributed by atoms with Gasteiger partial charge in [0, 0.05) is 16.9 Å². The van der Waals surface area contributed by atoms with Crippen LogP contribution in [-0.2, 0) is 5.41 Å². The summed E-state index contributed by atoms with van der Waals surface area (Å²) in [6.45, 7) is 0. The average molecular weight is 814 g/mol. The van der Waals surface area contributed by atoms with E-state index in [2.05, 4.69) is 266 Å². The van der Waals surface area contributed by atoms with Crippen LogP contribution in [0.1, 0.15) is 22.3 Å². The zero-order chi connectivity index (χ0) is 42.5. The zero-order valence-corrected chi connectivity index (χ0v) is 35.3. The average Bonchev–Trinajstić information content (AvgIpc) is 3.68. The molecule has 0 N–H and O–H groups in total. The molecule has 0 saturated carbocycles. The molecule has 11 aromatic rings. The third kappa shape index (κ3) is 6.16. The lowest BCUT2D eigenvalue weighted by Gasteiger charge is -2.34. The summed E-state index contributed by atoms with van der Waals surface area (Å²) in [5, 5.41) is 4.94. The van der Waals surface area contributed by atoms with E-state index in [4.69, 9.17) is 0 Å². The third-order valence-electron chi connectivity index (χ3n) is 13.3. The number of hydrogen-bond donors (Lipinski definition) is 0. The van der Waals surface area contributed by atoms with Crippen LogP contribution in [0.25, 0.3) is 66.1 Å². The van der Waals surface area contributed by atoms with E-state index in [9.17, 15) is 0 Å². The molecule has 0 radical (unpaired) electrons. The largest absolute Gasteiger partial charge is 0.310 e.